The molecule has 6 heteroatoms. The van der Waals surface area contributed by atoms with Gasteiger partial charge in [0.05, 0.1) is 0 Å². The molecule has 1 aromatic carbocycles. The summed E-state index contributed by atoms with van der Waals surface area (Å²) in [6, 6.07) is 7.97. The highest BCUT2D eigenvalue weighted by Gasteiger charge is 2.17. The lowest BCUT2D eigenvalue weighted by Crippen LogP contribution is -2.29. The quantitative estimate of drug-likeness (QED) is 0.866. The van der Waals surface area contributed by atoms with Gasteiger partial charge in [-0.05, 0) is 31.0 Å². The Hall–Kier alpha value is -1.40. The Labute approximate surface area is 121 Å². The SMILES string of the molecule is COCC(=O)Nc1cccc(NC2CCS(=O)CC2)c1. The van der Waals surface area contributed by atoms with Crippen LogP contribution in [0, 0.1) is 0 Å². The van der Waals surface area contributed by atoms with Gasteiger partial charge in [-0.15, -0.1) is 0 Å². The first-order valence-corrected chi connectivity index (χ1v) is 8.16. The van der Waals surface area contributed by atoms with Crippen molar-refractivity contribution in [1.29, 1.82) is 0 Å². The standard InChI is InChI=1S/C14H20N2O3S/c1-19-10-14(17)16-13-4-2-3-12(9-13)15-11-5-7-20(18)8-6-11/h2-4,9,11,15H,5-8,10H2,1H3,(H,16,17). The zero-order chi connectivity index (χ0) is 14.4. The molecule has 0 saturated carbocycles. The first-order chi connectivity index (χ1) is 9.67. The number of methoxy groups -OCH3 is 1. The highest BCUT2D eigenvalue weighted by molar-refractivity contribution is 7.85. The third kappa shape index (κ3) is 4.61. The lowest BCUT2D eigenvalue weighted by Gasteiger charge is -2.23. The van der Waals surface area contributed by atoms with Crippen LogP contribution in [0.2, 0.25) is 0 Å². The van der Waals surface area contributed by atoms with E-state index in [1.807, 2.05) is 24.3 Å². The fraction of sp³-hybridized carbons (Fsp3) is 0.500. The van der Waals surface area contributed by atoms with Gasteiger partial charge in [0.1, 0.15) is 6.61 Å². The van der Waals surface area contributed by atoms with E-state index in [4.69, 9.17) is 4.74 Å². The summed E-state index contributed by atoms with van der Waals surface area (Å²) in [6.45, 7) is 0.0477. The summed E-state index contributed by atoms with van der Waals surface area (Å²) < 4.78 is 16.1. The Morgan fingerprint density at radius 3 is 2.75 bits per heavy atom. The van der Waals surface area contributed by atoms with E-state index in [2.05, 4.69) is 10.6 Å². The van der Waals surface area contributed by atoms with Gasteiger partial charge in [-0.1, -0.05) is 6.07 Å². The number of hydrogen-bond donors (Lipinski definition) is 2. The highest BCUT2D eigenvalue weighted by atomic mass is 32.2. The highest BCUT2D eigenvalue weighted by Crippen LogP contribution is 2.19. The lowest BCUT2D eigenvalue weighted by atomic mass is 10.1. The molecule has 0 atom stereocenters. The lowest BCUT2D eigenvalue weighted by molar-refractivity contribution is -0.119. The zero-order valence-corrected chi connectivity index (χ0v) is 12.4. The largest absolute Gasteiger partial charge is 0.382 e. The molecule has 1 aromatic rings. The van der Waals surface area contributed by atoms with Gasteiger partial charge in [-0.3, -0.25) is 9.00 Å². The molecule has 0 aromatic heterocycles. The van der Waals surface area contributed by atoms with Gasteiger partial charge in [0, 0.05) is 46.8 Å². The van der Waals surface area contributed by atoms with Crippen molar-refractivity contribution in [1.82, 2.24) is 0 Å². The number of hydrogen-bond acceptors (Lipinski definition) is 4. The molecule has 1 aliphatic heterocycles. The summed E-state index contributed by atoms with van der Waals surface area (Å²) in [5.41, 5.74) is 1.72. The van der Waals surface area contributed by atoms with Crippen LogP contribution in [0.25, 0.3) is 0 Å². The van der Waals surface area contributed by atoms with Crippen LogP contribution in [-0.2, 0) is 20.3 Å². The molecule has 5 nitrogen and oxygen atoms in total. The molecule has 20 heavy (non-hydrogen) atoms. The van der Waals surface area contributed by atoms with Gasteiger partial charge in [-0.2, -0.15) is 0 Å². The van der Waals surface area contributed by atoms with E-state index in [9.17, 15) is 9.00 Å². The number of carbonyl (C=O) groups is 1. The minimum absolute atomic E-state index is 0.0477. The number of rotatable bonds is 5. The summed E-state index contributed by atoms with van der Waals surface area (Å²) in [5.74, 6) is 1.36. The summed E-state index contributed by atoms with van der Waals surface area (Å²) in [5, 5.41) is 6.21. The smallest absolute Gasteiger partial charge is 0.250 e. The van der Waals surface area contributed by atoms with Crippen LogP contribution in [-0.4, -0.2) is 41.4 Å². The van der Waals surface area contributed by atoms with Gasteiger partial charge in [0.15, 0.2) is 0 Å². The molecule has 1 amide bonds. The van der Waals surface area contributed by atoms with E-state index in [0.29, 0.717) is 6.04 Å². The van der Waals surface area contributed by atoms with Crippen LogP contribution in [0.5, 0.6) is 0 Å². The molecule has 0 unspecified atom stereocenters. The minimum atomic E-state index is -0.644. The molecule has 1 fully saturated rings. The third-order valence-corrected chi connectivity index (χ3v) is 4.56. The summed E-state index contributed by atoms with van der Waals surface area (Å²) in [7, 11) is 0.846. The molecule has 0 bridgehead atoms. The maximum atomic E-state index is 11.5. The minimum Gasteiger partial charge on any atom is -0.382 e. The van der Waals surface area contributed by atoms with Crippen LogP contribution in [0.1, 0.15) is 12.8 Å². The van der Waals surface area contributed by atoms with E-state index in [1.54, 1.807) is 0 Å². The van der Waals surface area contributed by atoms with E-state index in [0.717, 1.165) is 35.7 Å². The van der Waals surface area contributed by atoms with Crippen molar-refractivity contribution in [3.8, 4) is 0 Å². The Balaban J connectivity index is 1.92. The van der Waals surface area contributed by atoms with Gasteiger partial charge in [-0.25, -0.2) is 0 Å². The molecule has 1 aliphatic rings. The second-order valence-electron chi connectivity index (χ2n) is 4.83. The maximum Gasteiger partial charge on any atom is 0.250 e. The van der Waals surface area contributed by atoms with Crippen molar-refractivity contribution in [3.05, 3.63) is 24.3 Å². The molecule has 2 rings (SSSR count). The van der Waals surface area contributed by atoms with Crippen molar-refractivity contribution in [2.75, 3.05) is 35.9 Å². The van der Waals surface area contributed by atoms with E-state index >= 15 is 0 Å². The Bertz CT molecular complexity index is 483. The fourth-order valence-corrected chi connectivity index (χ4v) is 3.49. The first kappa shape index (κ1) is 15.0. The Morgan fingerprint density at radius 1 is 1.35 bits per heavy atom. The van der Waals surface area contributed by atoms with E-state index < -0.39 is 10.8 Å². The predicted molar refractivity (Wildman–Crippen MR) is 81.5 cm³/mol. The molecule has 1 saturated heterocycles. The van der Waals surface area contributed by atoms with Crippen LogP contribution in [0.15, 0.2) is 24.3 Å². The summed E-state index contributed by atoms with van der Waals surface area (Å²) in [4.78, 5) is 11.5. The zero-order valence-electron chi connectivity index (χ0n) is 11.6. The number of nitrogens with one attached hydrogen (secondary N) is 2. The summed E-state index contributed by atoms with van der Waals surface area (Å²) >= 11 is 0. The maximum absolute atomic E-state index is 11.5. The average molecular weight is 296 g/mol. The molecule has 0 radical (unpaired) electrons. The topological polar surface area (TPSA) is 67.4 Å². The van der Waals surface area contributed by atoms with Crippen molar-refractivity contribution in [2.45, 2.75) is 18.9 Å². The van der Waals surface area contributed by atoms with Gasteiger partial charge >= 0.3 is 0 Å². The van der Waals surface area contributed by atoms with Crippen LogP contribution < -0.4 is 10.6 Å². The van der Waals surface area contributed by atoms with E-state index in [-0.39, 0.29) is 12.5 Å². The van der Waals surface area contributed by atoms with Gasteiger partial charge in [0.2, 0.25) is 5.91 Å². The first-order valence-electron chi connectivity index (χ1n) is 6.68. The van der Waals surface area contributed by atoms with Crippen LogP contribution in [0.3, 0.4) is 0 Å². The molecule has 1 heterocycles. The molecule has 2 N–H and O–H groups in total. The summed E-state index contributed by atoms with van der Waals surface area (Å²) in [6.07, 6.45) is 1.85. The third-order valence-electron chi connectivity index (χ3n) is 3.18. The number of amides is 1. The predicted octanol–water partition coefficient (Wildman–Crippen LogP) is 1.59. The van der Waals surface area contributed by atoms with Crippen molar-refractivity contribution >= 4 is 28.1 Å². The van der Waals surface area contributed by atoms with Gasteiger partial charge < -0.3 is 15.4 Å². The second-order valence-corrected chi connectivity index (χ2v) is 6.52. The fourth-order valence-electron chi connectivity index (χ4n) is 2.19. The molecule has 0 aliphatic carbocycles. The normalized spacial score (nSPS) is 22.2. The van der Waals surface area contributed by atoms with Crippen LogP contribution in [0.4, 0.5) is 11.4 Å². The Morgan fingerprint density at radius 2 is 2.05 bits per heavy atom. The number of ether oxygens (including phenoxy) is 1. The van der Waals surface area contributed by atoms with Crippen molar-refractivity contribution in [2.24, 2.45) is 0 Å². The number of carbonyl (C=O) groups excluding carboxylic acids is 1. The molecular formula is C14H20N2O3S. The second kappa shape index (κ2) is 7.40. The monoisotopic (exact) mass is 296 g/mol. The molecule has 110 valence electrons. The average Bonchev–Trinajstić information content (AvgIpc) is 2.42. The van der Waals surface area contributed by atoms with Gasteiger partial charge in [0.25, 0.3) is 0 Å². The van der Waals surface area contributed by atoms with Crippen LogP contribution >= 0.6 is 0 Å². The Kier molecular flexibility index (Phi) is 5.55. The van der Waals surface area contributed by atoms with E-state index in [1.165, 1.54) is 7.11 Å². The number of benzene rings is 1. The molecular weight excluding hydrogens is 276 g/mol. The van der Waals surface area contributed by atoms with Crippen molar-refractivity contribution < 1.29 is 13.7 Å². The van der Waals surface area contributed by atoms with Crippen molar-refractivity contribution in [3.63, 3.8) is 0 Å². The number of anilines is 2. The molecule has 0 spiro atoms.